The summed E-state index contributed by atoms with van der Waals surface area (Å²) in [5.74, 6) is 1.30. The van der Waals surface area contributed by atoms with E-state index in [1.807, 2.05) is 38.1 Å². The van der Waals surface area contributed by atoms with Gasteiger partial charge in [0, 0.05) is 12.5 Å². The van der Waals surface area contributed by atoms with Gasteiger partial charge in [0.25, 0.3) is 0 Å². The van der Waals surface area contributed by atoms with Crippen molar-refractivity contribution in [1.82, 2.24) is 5.16 Å². The molecular formula is C13H15NO3. The maximum absolute atomic E-state index is 9.72. The third-order valence-corrected chi connectivity index (χ3v) is 2.33. The fraction of sp³-hybridized carbons (Fsp3) is 0.308. The molecule has 0 atom stereocenters. The second-order valence-electron chi connectivity index (χ2n) is 4.13. The number of ether oxygens (including phenoxy) is 1. The average Bonchev–Trinajstić information content (AvgIpc) is 2.60. The summed E-state index contributed by atoms with van der Waals surface area (Å²) in [7, 11) is 0. The van der Waals surface area contributed by atoms with Crippen LogP contribution >= 0.6 is 0 Å². The Labute approximate surface area is 99.8 Å². The van der Waals surface area contributed by atoms with Crippen LogP contribution in [0.25, 0.3) is 11.3 Å². The molecule has 0 fully saturated rings. The van der Waals surface area contributed by atoms with Crippen LogP contribution in [0.15, 0.2) is 28.8 Å². The van der Waals surface area contributed by atoms with Crippen molar-refractivity contribution < 1.29 is 14.4 Å². The largest absolute Gasteiger partial charge is 0.503 e. The summed E-state index contributed by atoms with van der Waals surface area (Å²) in [6.07, 6.45) is 0.142. The number of aromatic nitrogens is 1. The van der Waals surface area contributed by atoms with Gasteiger partial charge in [-0.25, -0.2) is 0 Å². The Morgan fingerprint density at radius 2 is 1.88 bits per heavy atom. The normalized spacial score (nSPS) is 10.8. The molecule has 1 N–H and O–H groups in total. The van der Waals surface area contributed by atoms with Gasteiger partial charge in [0.1, 0.15) is 5.75 Å². The van der Waals surface area contributed by atoms with Crippen molar-refractivity contribution in [3.05, 3.63) is 30.0 Å². The molecule has 0 aliphatic carbocycles. The van der Waals surface area contributed by atoms with E-state index in [1.165, 1.54) is 0 Å². The van der Waals surface area contributed by atoms with Gasteiger partial charge in [0.2, 0.25) is 0 Å². The van der Waals surface area contributed by atoms with Crippen molar-refractivity contribution in [2.24, 2.45) is 0 Å². The molecule has 0 aliphatic heterocycles. The van der Waals surface area contributed by atoms with E-state index in [0.29, 0.717) is 11.5 Å². The van der Waals surface area contributed by atoms with Crippen LogP contribution in [0.1, 0.15) is 19.6 Å². The maximum Gasteiger partial charge on any atom is 0.186 e. The van der Waals surface area contributed by atoms with E-state index in [2.05, 4.69) is 5.16 Å². The third-order valence-electron chi connectivity index (χ3n) is 2.33. The van der Waals surface area contributed by atoms with E-state index in [-0.39, 0.29) is 11.9 Å². The molecule has 4 nitrogen and oxygen atoms in total. The zero-order valence-corrected chi connectivity index (χ0v) is 10.1. The Morgan fingerprint density at radius 1 is 1.24 bits per heavy atom. The second kappa shape index (κ2) is 4.49. The number of nitrogens with zero attached hydrogens (tertiary/aromatic N) is 1. The molecule has 1 aromatic carbocycles. The molecule has 2 aromatic rings. The van der Waals surface area contributed by atoms with Crippen LogP contribution < -0.4 is 4.74 Å². The Hall–Kier alpha value is -1.97. The number of rotatable bonds is 3. The summed E-state index contributed by atoms with van der Waals surface area (Å²) in [4.78, 5) is 0. The molecule has 0 saturated heterocycles. The maximum atomic E-state index is 9.72. The van der Waals surface area contributed by atoms with E-state index < -0.39 is 0 Å². The first kappa shape index (κ1) is 11.5. The molecule has 0 aliphatic rings. The Morgan fingerprint density at radius 3 is 2.35 bits per heavy atom. The predicted molar refractivity (Wildman–Crippen MR) is 64.1 cm³/mol. The van der Waals surface area contributed by atoms with Crippen LogP contribution in [-0.2, 0) is 0 Å². The van der Waals surface area contributed by atoms with Gasteiger partial charge in [-0.05, 0) is 38.1 Å². The minimum absolute atomic E-state index is 0.0857. The van der Waals surface area contributed by atoms with Gasteiger partial charge in [-0.1, -0.05) is 5.16 Å². The zero-order valence-electron chi connectivity index (χ0n) is 10.1. The second-order valence-corrected chi connectivity index (χ2v) is 4.13. The number of hydrogen-bond donors (Lipinski definition) is 1. The fourth-order valence-corrected chi connectivity index (χ4v) is 1.52. The van der Waals surface area contributed by atoms with Gasteiger partial charge in [-0.15, -0.1) is 0 Å². The molecule has 17 heavy (non-hydrogen) atoms. The van der Waals surface area contributed by atoms with Crippen molar-refractivity contribution >= 4 is 0 Å². The first-order valence-electron chi connectivity index (χ1n) is 5.50. The highest BCUT2D eigenvalue weighted by molar-refractivity contribution is 5.66. The highest BCUT2D eigenvalue weighted by Gasteiger charge is 2.13. The molecule has 0 radical (unpaired) electrons. The monoisotopic (exact) mass is 233 g/mol. The van der Waals surface area contributed by atoms with Crippen molar-refractivity contribution in [3.8, 4) is 22.8 Å². The van der Waals surface area contributed by atoms with Crippen LogP contribution in [0.3, 0.4) is 0 Å². The SMILES string of the molecule is Cc1onc(-c2ccc(OC(C)C)cc2)c1O. The van der Waals surface area contributed by atoms with Crippen LogP contribution in [0.2, 0.25) is 0 Å². The van der Waals surface area contributed by atoms with E-state index in [4.69, 9.17) is 9.26 Å². The van der Waals surface area contributed by atoms with Gasteiger partial charge in [0.15, 0.2) is 17.2 Å². The Bertz CT molecular complexity index is 500. The predicted octanol–water partition coefficient (Wildman–Crippen LogP) is 3.14. The summed E-state index contributed by atoms with van der Waals surface area (Å²) < 4.78 is 10.4. The minimum Gasteiger partial charge on any atom is -0.503 e. The highest BCUT2D eigenvalue weighted by Crippen LogP contribution is 2.31. The van der Waals surface area contributed by atoms with Crippen LogP contribution in [0.4, 0.5) is 0 Å². The number of aromatic hydroxyl groups is 1. The minimum atomic E-state index is 0.0857. The lowest BCUT2D eigenvalue weighted by Gasteiger charge is -2.09. The molecule has 0 spiro atoms. The molecular weight excluding hydrogens is 218 g/mol. The van der Waals surface area contributed by atoms with Crippen molar-refractivity contribution in [1.29, 1.82) is 0 Å². The van der Waals surface area contributed by atoms with Crippen LogP contribution in [0.5, 0.6) is 11.5 Å². The van der Waals surface area contributed by atoms with E-state index in [9.17, 15) is 5.11 Å². The Kier molecular flexibility index (Phi) is 3.04. The molecule has 1 aromatic heterocycles. The number of hydrogen-bond acceptors (Lipinski definition) is 4. The van der Waals surface area contributed by atoms with Crippen molar-refractivity contribution in [2.45, 2.75) is 26.9 Å². The summed E-state index contributed by atoms with van der Waals surface area (Å²) >= 11 is 0. The lowest BCUT2D eigenvalue weighted by molar-refractivity contribution is 0.242. The van der Waals surface area contributed by atoms with Crippen molar-refractivity contribution in [2.75, 3.05) is 0 Å². The van der Waals surface area contributed by atoms with Gasteiger partial charge in [-0.3, -0.25) is 0 Å². The standard InChI is InChI=1S/C13H15NO3/c1-8(2)16-11-6-4-10(5-7-11)12-13(15)9(3)17-14-12/h4-8,15H,1-3H3. The first-order chi connectivity index (χ1) is 8.08. The average molecular weight is 233 g/mol. The van der Waals surface area contributed by atoms with Gasteiger partial charge >= 0.3 is 0 Å². The van der Waals surface area contributed by atoms with Crippen molar-refractivity contribution in [3.63, 3.8) is 0 Å². The number of aryl methyl sites for hydroxylation is 1. The van der Waals surface area contributed by atoms with E-state index >= 15 is 0 Å². The first-order valence-corrected chi connectivity index (χ1v) is 5.50. The fourth-order valence-electron chi connectivity index (χ4n) is 1.52. The molecule has 2 rings (SSSR count). The summed E-state index contributed by atoms with van der Waals surface area (Å²) in [5, 5.41) is 13.5. The molecule has 0 saturated carbocycles. The van der Waals surface area contributed by atoms with Gasteiger partial charge < -0.3 is 14.4 Å². The van der Waals surface area contributed by atoms with Crippen LogP contribution in [0, 0.1) is 6.92 Å². The molecule has 90 valence electrons. The topological polar surface area (TPSA) is 55.5 Å². The quantitative estimate of drug-likeness (QED) is 0.884. The highest BCUT2D eigenvalue weighted by atomic mass is 16.5. The molecule has 0 amide bonds. The lowest BCUT2D eigenvalue weighted by Crippen LogP contribution is -2.05. The lowest BCUT2D eigenvalue weighted by atomic mass is 10.1. The molecule has 0 unspecified atom stereocenters. The van der Waals surface area contributed by atoms with Gasteiger partial charge in [-0.2, -0.15) is 0 Å². The molecule has 4 heteroatoms. The van der Waals surface area contributed by atoms with Crippen LogP contribution in [-0.4, -0.2) is 16.4 Å². The van der Waals surface area contributed by atoms with Gasteiger partial charge in [0.05, 0.1) is 6.10 Å². The Balaban J connectivity index is 2.26. The van der Waals surface area contributed by atoms with E-state index in [0.717, 1.165) is 11.3 Å². The smallest absolute Gasteiger partial charge is 0.186 e. The summed E-state index contributed by atoms with van der Waals surface area (Å²) in [6.45, 7) is 5.61. The zero-order chi connectivity index (χ0) is 12.4. The van der Waals surface area contributed by atoms with E-state index in [1.54, 1.807) is 6.92 Å². The summed E-state index contributed by atoms with van der Waals surface area (Å²) in [5.41, 5.74) is 1.26. The molecule has 0 bridgehead atoms. The number of benzene rings is 1. The third kappa shape index (κ3) is 2.41. The molecule has 1 heterocycles. The summed E-state index contributed by atoms with van der Waals surface area (Å²) in [6, 6.07) is 7.38.